The van der Waals surface area contributed by atoms with E-state index in [9.17, 15) is 9.59 Å². The topological polar surface area (TPSA) is 67.2 Å². The summed E-state index contributed by atoms with van der Waals surface area (Å²) in [5, 5.41) is 6.91. The van der Waals surface area contributed by atoms with Crippen molar-refractivity contribution in [3.05, 3.63) is 18.0 Å². The first kappa shape index (κ1) is 14.6. The minimum Gasteiger partial charge on any atom is -0.356 e. The van der Waals surface area contributed by atoms with Gasteiger partial charge in [-0.05, 0) is 25.8 Å². The molecule has 1 N–H and O–H groups in total. The van der Waals surface area contributed by atoms with Crippen LogP contribution in [0.4, 0.5) is 0 Å². The Morgan fingerprint density at radius 3 is 2.95 bits per heavy atom. The third-order valence-corrected chi connectivity index (χ3v) is 3.78. The largest absolute Gasteiger partial charge is 0.356 e. The lowest BCUT2D eigenvalue weighted by Crippen LogP contribution is -2.34. The smallest absolute Gasteiger partial charge is 0.224 e. The molecule has 0 saturated carbocycles. The Bertz CT molecular complexity index is 483. The van der Waals surface area contributed by atoms with Gasteiger partial charge in [0, 0.05) is 45.0 Å². The highest BCUT2D eigenvalue weighted by Gasteiger charge is 2.30. The predicted molar refractivity (Wildman–Crippen MR) is 74.9 cm³/mol. The molecule has 1 aliphatic heterocycles. The van der Waals surface area contributed by atoms with Crippen LogP contribution in [-0.2, 0) is 23.1 Å². The first-order valence-corrected chi connectivity index (χ1v) is 7.14. The Balaban J connectivity index is 1.80. The van der Waals surface area contributed by atoms with Crippen LogP contribution in [0.5, 0.6) is 0 Å². The van der Waals surface area contributed by atoms with Crippen molar-refractivity contribution in [1.82, 2.24) is 20.0 Å². The molecule has 0 bridgehead atoms. The predicted octanol–water partition coefficient (Wildman–Crippen LogP) is 0.337. The average Bonchev–Trinajstić information content (AvgIpc) is 3.05. The molecule has 1 aliphatic rings. The number of nitrogens with one attached hydrogen (secondary N) is 1. The van der Waals surface area contributed by atoms with Crippen LogP contribution in [0, 0.1) is 5.92 Å². The zero-order chi connectivity index (χ0) is 14.5. The molecule has 110 valence electrons. The Hall–Kier alpha value is -1.85. The Morgan fingerprint density at radius 1 is 1.50 bits per heavy atom. The van der Waals surface area contributed by atoms with Gasteiger partial charge in [-0.25, -0.2) is 0 Å². The zero-order valence-corrected chi connectivity index (χ0v) is 12.1. The van der Waals surface area contributed by atoms with Gasteiger partial charge in [-0.1, -0.05) is 0 Å². The van der Waals surface area contributed by atoms with Crippen LogP contribution in [0.2, 0.25) is 0 Å². The maximum Gasteiger partial charge on any atom is 0.224 e. The van der Waals surface area contributed by atoms with Crippen LogP contribution >= 0.6 is 0 Å². The van der Waals surface area contributed by atoms with Gasteiger partial charge in [-0.15, -0.1) is 0 Å². The summed E-state index contributed by atoms with van der Waals surface area (Å²) in [6.07, 6.45) is 3.67. The summed E-state index contributed by atoms with van der Waals surface area (Å²) in [7, 11) is 1.88. The van der Waals surface area contributed by atoms with E-state index in [-0.39, 0.29) is 17.7 Å². The van der Waals surface area contributed by atoms with Gasteiger partial charge in [-0.3, -0.25) is 14.3 Å². The molecule has 0 radical (unpaired) electrons. The van der Waals surface area contributed by atoms with E-state index in [1.807, 2.05) is 20.0 Å². The van der Waals surface area contributed by atoms with Crippen LogP contribution in [0.15, 0.2) is 12.3 Å². The van der Waals surface area contributed by atoms with Crippen molar-refractivity contribution in [2.45, 2.75) is 26.2 Å². The van der Waals surface area contributed by atoms with Crippen molar-refractivity contribution in [3.8, 4) is 0 Å². The molecule has 0 aromatic carbocycles. The molecule has 2 heterocycles. The van der Waals surface area contributed by atoms with Crippen molar-refractivity contribution in [2.24, 2.45) is 13.0 Å². The van der Waals surface area contributed by atoms with E-state index in [2.05, 4.69) is 10.4 Å². The molecule has 6 nitrogen and oxygen atoms in total. The number of nitrogens with zero attached hydrogens (tertiary/aromatic N) is 3. The lowest BCUT2D eigenvalue weighted by molar-refractivity contribution is -0.130. The summed E-state index contributed by atoms with van der Waals surface area (Å²) in [5.74, 6) is 0.142. The maximum atomic E-state index is 12.1. The van der Waals surface area contributed by atoms with Crippen LogP contribution in [-0.4, -0.2) is 46.1 Å². The van der Waals surface area contributed by atoms with Crippen LogP contribution in [0.25, 0.3) is 0 Å². The molecular formula is C14H22N4O2. The number of aromatic nitrogens is 2. The summed E-state index contributed by atoms with van der Waals surface area (Å²) in [4.78, 5) is 25.7. The molecule has 20 heavy (non-hydrogen) atoms. The second-order valence-electron chi connectivity index (χ2n) is 5.17. The number of likely N-dealkylation sites (tertiary alicyclic amines) is 1. The molecule has 1 atom stereocenters. The van der Waals surface area contributed by atoms with Crippen molar-refractivity contribution in [2.75, 3.05) is 19.6 Å². The lowest BCUT2D eigenvalue weighted by Gasteiger charge is -2.16. The molecule has 2 amide bonds. The normalized spacial score (nSPS) is 18.3. The van der Waals surface area contributed by atoms with E-state index in [0.717, 1.165) is 12.1 Å². The van der Waals surface area contributed by atoms with Gasteiger partial charge in [0.1, 0.15) is 0 Å². The van der Waals surface area contributed by atoms with Gasteiger partial charge in [-0.2, -0.15) is 5.10 Å². The summed E-state index contributed by atoms with van der Waals surface area (Å²) >= 11 is 0. The number of carbonyl (C=O) groups is 2. The lowest BCUT2D eigenvalue weighted by atomic mass is 10.1. The molecule has 1 aromatic heterocycles. The number of hydrogen-bond donors (Lipinski definition) is 1. The number of hydrogen-bond acceptors (Lipinski definition) is 3. The Morgan fingerprint density at radius 2 is 2.30 bits per heavy atom. The summed E-state index contributed by atoms with van der Waals surface area (Å²) in [6.45, 7) is 3.79. The minimum atomic E-state index is -0.0457. The molecule has 6 heteroatoms. The molecule has 0 spiro atoms. The molecule has 1 aromatic rings. The zero-order valence-electron chi connectivity index (χ0n) is 12.1. The van der Waals surface area contributed by atoms with Gasteiger partial charge in [0.25, 0.3) is 0 Å². The SMILES string of the molecule is CCNC(=O)C1CCN(C(=O)CCc2ccnn2C)C1. The number of amides is 2. The standard InChI is InChI=1S/C14H22N4O2/c1-3-15-14(20)11-7-9-18(10-11)13(19)5-4-12-6-8-16-17(12)2/h6,8,11H,3-5,7,9-10H2,1-2H3,(H,15,20). The third-order valence-electron chi connectivity index (χ3n) is 3.78. The van der Waals surface area contributed by atoms with E-state index in [1.54, 1.807) is 15.8 Å². The van der Waals surface area contributed by atoms with E-state index in [1.165, 1.54) is 0 Å². The molecule has 0 aliphatic carbocycles. The van der Waals surface area contributed by atoms with Gasteiger partial charge in [0.15, 0.2) is 0 Å². The Kier molecular flexibility index (Phi) is 4.76. The maximum absolute atomic E-state index is 12.1. The highest BCUT2D eigenvalue weighted by molar-refractivity contribution is 5.82. The fourth-order valence-corrected chi connectivity index (χ4v) is 2.56. The van der Waals surface area contributed by atoms with E-state index in [4.69, 9.17) is 0 Å². The minimum absolute atomic E-state index is 0.0457. The van der Waals surface area contributed by atoms with Crippen molar-refractivity contribution in [1.29, 1.82) is 0 Å². The van der Waals surface area contributed by atoms with Crippen molar-refractivity contribution in [3.63, 3.8) is 0 Å². The van der Waals surface area contributed by atoms with Gasteiger partial charge in [0.05, 0.1) is 5.92 Å². The monoisotopic (exact) mass is 278 g/mol. The van der Waals surface area contributed by atoms with Crippen LogP contribution in [0.1, 0.15) is 25.5 Å². The first-order valence-electron chi connectivity index (χ1n) is 7.14. The van der Waals surface area contributed by atoms with Crippen LogP contribution in [0.3, 0.4) is 0 Å². The van der Waals surface area contributed by atoms with Crippen molar-refractivity contribution < 1.29 is 9.59 Å². The van der Waals surface area contributed by atoms with Gasteiger partial charge < -0.3 is 10.2 Å². The fraction of sp³-hybridized carbons (Fsp3) is 0.643. The highest BCUT2D eigenvalue weighted by atomic mass is 16.2. The van der Waals surface area contributed by atoms with Gasteiger partial charge >= 0.3 is 0 Å². The average molecular weight is 278 g/mol. The summed E-state index contributed by atoms with van der Waals surface area (Å²) in [6, 6.07) is 1.93. The van der Waals surface area contributed by atoms with Gasteiger partial charge in [0.2, 0.25) is 11.8 Å². The second kappa shape index (κ2) is 6.54. The highest BCUT2D eigenvalue weighted by Crippen LogP contribution is 2.17. The van der Waals surface area contributed by atoms with E-state index in [0.29, 0.717) is 32.5 Å². The third kappa shape index (κ3) is 3.37. The molecule has 1 fully saturated rings. The second-order valence-corrected chi connectivity index (χ2v) is 5.17. The van der Waals surface area contributed by atoms with Crippen LogP contribution < -0.4 is 5.32 Å². The fourth-order valence-electron chi connectivity index (χ4n) is 2.56. The molecule has 1 saturated heterocycles. The number of aryl methyl sites for hydroxylation is 2. The van der Waals surface area contributed by atoms with E-state index >= 15 is 0 Å². The van der Waals surface area contributed by atoms with E-state index < -0.39 is 0 Å². The number of carbonyl (C=O) groups excluding carboxylic acids is 2. The molecule has 2 rings (SSSR count). The molecule has 1 unspecified atom stereocenters. The Labute approximate surface area is 119 Å². The quantitative estimate of drug-likeness (QED) is 0.844. The number of rotatable bonds is 5. The molecular weight excluding hydrogens is 256 g/mol. The summed E-state index contributed by atoms with van der Waals surface area (Å²) in [5.41, 5.74) is 1.05. The van der Waals surface area contributed by atoms with Crippen molar-refractivity contribution >= 4 is 11.8 Å². The summed E-state index contributed by atoms with van der Waals surface area (Å²) < 4.78 is 1.79. The first-order chi connectivity index (χ1) is 9.61.